The fraction of sp³-hybridized carbons (Fsp3) is 0.600. The Bertz CT molecular complexity index is 394. The third kappa shape index (κ3) is 3.30. The molecule has 0 radical (unpaired) electrons. The molecule has 1 saturated carbocycles. The fourth-order valence-corrected chi connectivity index (χ4v) is 4.55. The van der Waals surface area contributed by atoms with Gasteiger partial charge < -0.3 is 5.32 Å². The lowest BCUT2D eigenvalue weighted by Crippen LogP contribution is -2.32. The average Bonchev–Trinajstić information content (AvgIpc) is 2.34. The topological polar surface area (TPSA) is 12.0 Å². The molecule has 1 aliphatic carbocycles. The van der Waals surface area contributed by atoms with Gasteiger partial charge in [0.05, 0.1) is 5.69 Å². The van der Waals surface area contributed by atoms with Crippen molar-refractivity contribution in [1.82, 2.24) is 0 Å². The van der Waals surface area contributed by atoms with Crippen molar-refractivity contribution >= 4 is 37.5 Å². The zero-order valence-corrected chi connectivity index (χ0v) is 14.3. The third-order valence-electron chi connectivity index (χ3n) is 3.95. The summed E-state index contributed by atoms with van der Waals surface area (Å²) in [6, 6.07) is 4.98. The summed E-state index contributed by atoms with van der Waals surface area (Å²) in [5.74, 6) is 0.818. The minimum absolute atomic E-state index is 0.624. The molecule has 2 atom stereocenters. The van der Waals surface area contributed by atoms with E-state index in [1.54, 1.807) is 0 Å². The van der Waals surface area contributed by atoms with Gasteiger partial charge in [0.1, 0.15) is 0 Å². The van der Waals surface area contributed by atoms with E-state index in [1.807, 2.05) is 0 Å². The smallest absolute Gasteiger partial charge is 0.0631 e. The number of rotatable bonds is 3. The predicted octanol–water partition coefficient (Wildman–Crippen LogP) is 5.90. The SMILES string of the molecule is CCC1CCCCC1Nc1c(Br)cc(C)cc1Br. The first kappa shape index (κ1) is 14.4. The predicted molar refractivity (Wildman–Crippen MR) is 86.2 cm³/mol. The van der Waals surface area contributed by atoms with E-state index in [0.717, 1.165) is 14.9 Å². The molecule has 1 aromatic carbocycles. The van der Waals surface area contributed by atoms with Crippen LogP contribution in [0.4, 0.5) is 5.69 Å². The molecule has 0 aliphatic heterocycles. The Hall–Kier alpha value is -0.0200. The molecule has 0 heterocycles. The summed E-state index contributed by atoms with van der Waals surface area (Å²) in [6.07, 6.45) is 6.70. The van der Waals surface area contributed by atoms with Crippen molar-refractivity contribution in [2.75, 3.05) is 5.32 Å². The molecular weight excluding hydrogens is 354 g/mol. The standard InChI is InChI=1S/C15H21Br2N/c1-3-11-6-4-5-7-14(11)18-15-12(16)8-10(2)9-13(15)17/h8-9,11,14,18H,3-7H2,1-2H3. The molecule has 1 fully saturated rings. The van der Waals surface area contributed by atoms with Crippen molar-refractivity contribution in [3.05, 3.63) is 26.6 Å². The van der Waals surface area contributed by atoms with Crippen LogP contribution in [0.5, 0.6) is 0 Å². The average molecular weight is 375 g/mol. The zero-order chi connectivity index (χ0) is 13.1. The maximum Gasteiger partial charge on any atom is 0.0631 e. The Labute approximate surface area is 127 Å². The van der Waals surface area contributed by atoms with Gasteiger partial charge in [-0.3, -0.25) is 0 Å². The van der Waals surface area contributed by atoms with Gasteiger partial charge in [-0.2, -0.15) is 0 Å². The number of hydrogen-bond donors (Lipinski definition) is 1. The first-order chi connectivity index (χ1) is 8.61. The summed E-state index contributed by atoms with van der Waals surface area (Å²) in [5, 5.41) is 3.75. The molecule has 18 heavy (non-hydrogen) atoms. The largest absolute Gasteiger partial charge is 0.380 e. The molecule has 0 aromatic heterocycles. The third-order valence-corrected chi connectivity index (χ3v) is 5.20. The lowest BCUT2D eigenvalue weighted by atomic mass is 9.83. The second kappa shape index (κ2) is 6.42. The Morgan fingerprint density at radius 2 is 1.78 bits per heavy atom. The molecule has 2 rings (SSSR count). The normalized spacial score (nSPS) is 24.0. The van der Waals surface area contributed by atoms with Crippen LogP contribution >= 0.6 is 31.9 Å². The monoisotopic (exact) mass is 373 g/mol. The molecule has 1 aromatic rings. The molecule has 2 unspecified atom stereocenters. The zero-order valence-electron chi connectivity index (χ0n) is 11.1. The van der Waals surface area contributed by atoms with Crippen LogP contribution < -0.4 is 5.32 Å². The Morgan fingerprint density at radius 1 is 1.17 bits per heavy atom. The quantitative estimate of drug-likeness (QED) is 0.694. The summed E-state index contributed by atoms with van der Waals surface area (Å²) >= 11 is 7.35. The minimum Gasteiger partial charge on any atom is -0.380 e. The molecule has 0 spiro atoms. The van der Waals surface area contributed by atoms with E-state index in [1.165, 1.54) is 43.4 Å². The van der Waals surface area contributed by atoms with E-state index < -0.39 is 0 Å². The van der Waals surface area contributed by atoms with Gasteiger partial charge in [-0.05, 0) is 75.2 Å². The highest BCUT2D eigenvalue weighted by Crippen LogP contribution is 2.36. The van der Waals surface area contributed by atoms with Gasteiger partial charge in [-0.15, -0.1) is 0 Å². The van der Waals surface area contributed by atoms with E-state index in [0.29, 0.717) is 6.04 Å². The maximum atomic E-state index is 3.75. The van der Waals surface area contributed by atoms with E-state index in [4.69, 9.17) is 0 Å². The van der Waals surface area contributed by atoms with E-state index >= 15 is 0 Å². The highest BCUT2D eigenvalue weighted by atomic mass is 79.9. The van der Waals surface area contributed by atoms with Crippen LogP contribution in [0.15, 0.2) is 21.1 Å². The molecule has 0 amide bonds. The fourth-order valence-electron chi connectivity index (χ4n) is 2.91. The first-order valence-corrected chi connectivity index (χ1v) is 8.42. The molecule has 1 nitrogen and oxygen atoms in total. The van der Waals surface area contributed by atoms with E-state index in [2.05, 4.69) is 63.2 Å². The van der Waals surface area contributed by atoms with Crippen molar-refractivity contribution in [2.24, 2.45) is 5.92 Å². The minimum atomic E-state index is 0.624. The molecule has 1 aliphatic rings. The Balaban J connectivity index is 2.17. The van der Waals surface area contributed by atoms with Crippen molar-refractivity contribution in [3.63, 3.8) is 0 Å². The van der Waals surface area contributed by atoms with Gasteiger partial charge in [0, 0.05) is 15.0 Å². The van der Waals surface area contributed by atoms with Crippen LogP contribution in [0.1, 0.15) is 44.6 Å². The number of aryl methyl sites for hydroxylation is 1. The maximum absolute atomic E-state index is 3.75. The summed E-state index contributed by atoms with van der Waals surface area (Å²) in [5.41, 5.74) is 2.49. The Kier molecular flexibility index (Phi) is 5.14. The lowest BCUT2D eigenvalue weighted by Gasteiger charge is -2.33. The number of halogens is 2. The van der Waals surface area contributed by atoms with Gasteiger partial charge in [0.15, 0.2) is 0 Å². The summed E-state index contributed by atoms with van der Waals surface area (Å²) < 4.78 is 2.32. The van der Waals surface area contributed by atoms with Gasteiger partial charge in [0.2, 0.25) is 0 Å². The Morgan fingerprint density at radius 3 is 2.39 bits per heavy atom. The van der Waals surface area contributed by atoms with Crippen molar-refractivity contribution < 1.29 is 0 Å². The molecular formula is C15H21Br2N. The van der Waals surface area contributed by atoms with E-state index in [-0.39, 0.29) is 0 Å². The van der Waals surface area contributed by atoms with Crippen molar-refractivity contribution in [3.8, 4) is 0 Å². The van der Waals surface area contributed by atoms with Crippen LogP contribution in [-0.2, 0) is 0 Å². The highest BCUT2D eigenvalue weighted by Gasteiger charge is 2.24. The van der Waals surface area contributed by atoms with Crippen LogP contribution in [0.2, 0.25) is 0 Å². The van der Waals surface area contributed by atoms with Gasteiger partial charge >= 0.3 is 0 Å². The van der Waals surface area contributed by atoms with Crippen molar-refractivity contribution in [1.29, 1.82) is 0 Å². The van der Waals surface area contributed by atoms with Gasteiger partial charge in [-0.1, -0.05) is 26.2 Å². The molecule has 100 valence electrons. The second-order valence-corrected chi connectivity index (χ2v) is 7.02. The summed E-state index contributed by atoms with van der Waals surface area (Å²) in [7, 11) is 0. The summed E-state index contributed by atoms with van der Waals surface area (Å²) in [6.45, 7) is 4.43. The lowest BCUT2D eigenvalue weighted by molar-refractivity contribution is 0.317. The van der Waals surface area contributed by atoms with E-state index in [9.17, 15) is 0 Å². The van der Waals surface area contributed by atoms with Gasteiger partial charge in [-0.25, -0.2) is 0 Å². The molecule has 0 saturated heterocycles. The number of anilines is 1. The van der Waals surface area contributed by atoms with Crippen molar-refractivity contribution in [2.45, 2.75) is 52.0 Å². The molecule has 0 bridgehead atoms. The second-order valence-electron chi connectivity index (χ2n) is 5.31. The number of benzene rings is 1. The highest BCUT2D eigenvalue weighted by molar-refractivity contribution is 9.11. The van der Waals surface area contributed by atoms with Crippen LogP contribution in [0.25, 0.3) is 0 Å². The first-order valence-electron chi connectivity index (χ1n) is 6.84. The van der Waals surface area contributed by atoms with Crippen LogP contribution in [0.3, 0.4) is 0 Å². The van der Waals surface area contributed by atoms with Crippen LogP contribution in [0, 0.1) is 12.8 Å². The number of nitrogens with one attached hydrogen (secondary N) is 1. The summed E-state index contributed by atoms with van der Waals surface area (Å²) in [4.78, 5) is 0. The van der Waals surface area contributed by atoms with Crippen LogP contribution in [-0.4, -0.2) is 6.04 Å². The molecule has 1 N–H and O–H groups in total. The number of hydrogen-bond acceptors (Lipinski definition) is 1. The molecule has 3 heteroatoms. The van der Waals surface area contributed by atoms with Gasteiger partial charge in [0.25, 0.3) is 0 Å².